The number of nitrogens with two attached hydrogens (primary N) is 1. The smallest absolute Gasteiger partial charge is 0.333 e. The van der Waals surface area contributed by atoms with Gasteiger partial charge in [-0.2, -0.15) is 8.42 Å². The first-order chi connectivity index (χ1) is 16.7. The van der Waals surface area contributed by atoms with Crippen LogP contribution in [0.1, 0.15) is 44.9 Å². The van der Waals surface area contributed by atoms with E-state index >= 15 is 0 Å². The molecule has 0 unspecified atom stereocenters. The van der Waals surface area contributed by atoms with Gasteiger partial charge in [0.15, 0.2) is 0 Å². The van der Waals surface area contributed by atoms with E-state index in [-0.39, 0.29) is 24.2 Å². The Morgan fingerprint density at radius 3 is 2.86 bits per heavy atom. The van der Waals surface area contributed by atoms with Crippen molar-refractivity contribution in [3.05, 3.63) is 75.5 Å². The topological polar surface area (TPSA) is 142 Å². The quantitative estimate of drug-likeness (QED) is 0.391. The minimum Gasteiger partial charge on any atom is -0.489 e. The number of carbonyl (C=O) groups is 1. The van der Waals surface area contributed by atoms with Crippen LogP contribution in [-0.4, -0.2) is 42.0 Å². The lowest BCUT2D eigenvalue weighted by atomic mass is 9.96. The number of carbonyl (C=O) groups excluding carboxylic acids is 1. The van der Waals surface area contributed by atoms with Gasteiger partial charge in [-0.3, -0.25) is 8.98 Å². The lowest BCUT2D eigenvalue weighted by molar-refractivity contribution is 0.100. The van der Waals surface area contributed by atoms with Gasteiger partial charge in [0.25, 0.3) is 0 Å². The summed E-state index contributed by atoms with van der Waals surface area (Å²) in [6, 6.07) is 9.58. The summed E-state index contributed by atoms with van der Waals surface area (Å²) in [7, 11) is -4.06. The van der Waals surface area contributed by atoms with Crippen molar-refractivity contribution in [3.63, 3.8) is 0 Å². The average molecular weight is 518 g/mol. The van der Waals surface area contributed by atoms with Crippen LogP contribution in [0.3, 0.4) is 0 Å². The van der Waals surface area contributed by atoms with Crippen LogP contribution >= 0.6 is 11.3 Å². The summed E-state index contributed by atoms with van der Waals surface area (Å²) in [6.07, 6.45) is 3.65. The fourth-order valence-corrected chi connectivity index (χ4v) is 5.52. The molecule has 3 atom stereocenters. The van der Waals surface area contributed by atoms with Gasteiger partial charge in [0.05, 0.1) is 28.8 Å². The second-order valence-corrected chi connectivity index (χ2v) is 10.9. The average Bonchev–Trinajstić information content (AvgIpc) is 3.43. The fraction of sp³-hybridized carbons (Fsp3) is 0.375. The summed E-state index contributed by atoms with van der Waals surface area (Å²) >= 11 is 1.34. The van der Waals surface area contributed by atoms with Crippen molar-refractivity contribution in [1.82, 2.24) is 9.97 Å². The van der Waals surface area contributed by atoms with Crippen molar-refractivity contribution in [1.29, 1.82) is 0 Å². The molecule has 0 saturated heterocycles. The van der Waals surface area contributed by atoms with E-state index in [4.69, 9.17) is 9.88 Å². The number of aliphatic hydroxyl groups excluding tert-OH is 1. The number of aromatic nitrogens is 2. The van der Waals surface area contributed by atoms with Gasteiger partial charge in [-0.25, -0.2) is 15.1 Å². The largest absolute Gasteiger partial charge is 0.489 e. The predicted molar refractivity (Wildman–Crippen MR) is 130 cm³/mol. The number of thiophene rings is 1. The molecular formula is C24H27N3O6S2. The van der Waals surface area contributed by atoms with Gasteiger partial charge in [0.2, 0.25) is 5.78 Å². The molecule has 2 aromatic heterocycles. The van der Waals surface area contributed by atoms with Crippen LogP contribution in [0.4, 0.5) is 0 Å². The minimum absolute atomic E-state index is 0.0157. The van der Waals surface area contributed by atoms with Gasteiger partial charge in [-0.05, 0) is 55.2 Å². The van der Waals surface area contributed by atoms with Crippen LogP contribution in [0, 0.1) is 18.8 Å². The maximum absolute atomic E-state index is 13.3. The molecule has 0 aliphatic heterocycles. The Morgan fingerprint density at radius 2 is 2.09 bits per heavy atom. The standard InChI is InChI=1S/C24H27N3O6S2/c1-15-4-2-3-5-22(15)32-11-17-9-23(34-13-17)24(29)19-10-26-14-27-20(19)7-16-6-18(21(28)8-16)12-33-35(25,30)31/h2-5,9-10,13-14,16,18,21,28H,6-8,11-12H2,1H3,(H2,25,30,31)/t16-,18+,21-/m0/s1. The number of rotatable bonds is 10. The third-order valence-corrected chi connectivity index (χ3v) is 7.53. The zero-order valence-corrected chi connectivity index (χ0v) is 20.8. The SMILES string of the molecule is Cc1ccccc1OCc1csc(C(=O)c2cncnc2C[C@@H]2C[C@H](COS(N)(=O)=O)[C@@H](O)C2)c1. The van der Waals surface area contributed by atoms with Crippen molar-refractivity contribution < 1.29 is 27.2 Å². The summed E-state index contributed by atoms with van der Waals surface area (Å²) in [5, 5.41) is 17.1. The van der Waals surface area contributed by atoms with Crippen molar-refractivity contribution in [2.45, 2.75) is 38.9 Å². The molecule has 1 fully saturated rings. The lowest BCUT2D eigenvalue weighted by Crippen LogP contribution is -2.24. The Bertz CT molecular complexity index is 1290. The van der Waals surface area contributed by atoms with E-state index in [0.29, 0.717) is 42.0 Å². The molecular weight excluding hydrogens is 490 g/mol. The monoisotopic (exact) mass is 517 g/mol. The number of hydrogen-bond acceptors (Lipinski definition) is 9. The van der Waals surface area contributed by atoms with Crippen LogP contribution in [0.2, 0.25) is 0 Å². The first kappa shape index (κ1) is 25.4. The molecule has 0 bridgehead atoms. The van der Waals surface area contributed by atoms with E-state index in [0.717, 1.165) is 16.9 Å². The highest BCUT2D eigenvalue weighted by atomic mass is 32.2. The van der Waals surface area contributed by atoms with Crippen molar-refractivity contribution >= 4 is 27.4 Å². The summed E-state index contributed by atoms with van der Waals surface area (Å²) in [4.78, 5) is 22.2. The van der Waals surface area contributed by atoms with Gasteiger partial charge in [-0.15, -0.1) is 11.3 Å². The summed E-state index contributed by atoms with van der Waals surface area (Å²) in [5.41, 5.74) is 2.96. The van der Waals surface area contributed by atoms with Crippen LogP contribution in [0.25, 0.3) is 0 Å². The van der Waals surface area contributed by atoms with Crippen LogP contribution in [0.5, 0.6) is 5.75 Å². The van der Waals surface area contributed by atoms with Gasteiger partial charge in [0.1, 0.15) is 18.7 Å². The second kappa shape index (κ2) is 10.9. The third-order valence-electron chi connectivity index (χ3n) is 6.09. The van der Waals surface area contributed by atoms with Gasteiger partial charge >= 0.3 is 10.3 Å². The Kier molecular flexibility index (Phi) is 7.92. The third kappa shape index (κ3) is 6.71. The van der Waals surface area contributed by atoms with Gasteiger partial charge < -0.3 is 9.84 Å². The number of ether oxygens (including phenoxy) is 1. The Hall–Kier alpha value is -2.70. The maximum Gasteiger partial charge on any atom is 0.333 e. The fourth-order valence-electron chi connectivity index (χ4n) is 4.31. The molecule has 2 heterocycles. The highest BCUT2D eigenvalue weighted by molar-refractivity contribution is 7.84. The van der Waals surface area contributed by atoms with Crippen LogP contribution in [-0.2, 0) is 27.5 Å². The van der Waals surface area contributed by atoms with Crippen LogP contribution in [0.15, 0.2) is 48.2 Å². The molecule has 0 spiro atoms. The van der Waals surface area contributed by atoms with E-state index in [1.54, 1.807) is 0 Å². The summed E-state index contributed by atoms with van der Waals surface area (Å²) in [5.74, 6) is 0.298. The maximum atomic E-state index is 13.3. The number of aryl methyl sites for hydroxylation is 1. The summed E-state index contributed by atoms with van der Waals surface area (Å²) < 4.78 is 32.7. The summed E-state index contributed by atoms with van der Waals surface area (Å²) in [6.45, 7) is 2.16. The van der Waals surface area contributed by atoms with E-state index in [9.17, 15) is 18.3 Å². The van der Waals surface area contributed by atoms with Crippen LogP contribution < -0.4 is 9.88 Å². The molecule has 1 saturated carbocycles. The highest BCUT2D eigenvalue weighted by Crippen LogP contribution is 2.34. The molecule has 9 nitrogen and oxygen atoms in total. The highest BCUT2D eigenvalue weighted by Gasteiger charge is 2.35. The molecule has 1 aliphatic rings. The first-order valence-corrected chi connectivity index (χ1v) is 13.5. The number of aliphatic hydroxyl groups is 1. The molecule has 4 rings (SSSR count). The molecule has 11 heteroatoms. The number of nitrogens with zero attached hydrogens (tertiary/aromatic N) is 2. The lowest BCUT2D eigenvalue weighted by Gasteiger charge is -2.13. The van der Waals surface area contributed by atoms with E-state index < -0.39 is 16.4 Å². The normalized spacial score (nSPS) is 20.1. The molecule has 3 aromatic rings. The molecule has 1 aromatic carbocycles. The molecule has 35 heavy (non-hydrogen) atoms. The van der Waals surface area contributed by atoms with Crippen molar-refractivity contribution in [2.24, 2.45) is 17.0 Å². The second-order valence-electron chi connectivity index (χ2n) is 8.73. The Balaban J connectivity index is 1.41. The van der Waals surface area contributed by atoms with Crippen molar-refractivity contribution in [2.75, 3.05) is 6.61 Å². The Morgan fingerprint density at radius 1 is 1.29 bits per heavy atom. The molecule has 0 amide bonds. The number of ketones is 1. The molecule has 0 radical (unpaired) electrons. The molecule has 3 N–H and O–H groups in total. The predicted octanol–water partition coefficient (Wildman–Crippen LogP) is 2.81. The number of hydrogen-bond donors (Lipinski definition) is 2. The van der Waals surface area contributed by atoms with E-state index in [1.807, 2.05) is 42.6 Å². The number of para-hydroxylation sites is 1. The van der Waals surface area contributed by atoms with Gasteiger partial charge in [-0.1, -0.05) is 18.2 Å². The number of benzene rings is 1. The zero-order valence-electron chi connectivity index (χ0n) is 19.2. The zero-order chi connectivity index (χ0) is 25.0. The van der Waals surface area contributed by atoms with Crippen molar-refractivity contribution in [3.8, 4) is 5.75 Å². The van der Waals surface area contributed by atoms with E-state index in [2.05, 4.69) is 14.2 Å². The molecule has 186 valence electrons. The van der Waals surface area contributed by atoms with Gasteiger partial charge in [0, 0.05) is 17.7 Å². The van der Waals surface area contributed by atoms with E-state index in [1.165, 1.54) is 23.9 Å². The Labute approximate surface area is 208 Å². The first-order valence-electron chi connectivity index (χ1n) is 11.1. The molecule has 1 aliphatic carbocycles. The minimum atomic E-state index is -4.06.